The number of hydrogen-bond acceptors (Lipinski definition) is 3. The van der Waals surface area contributed by atoms with E-state index in [0.717, 1.165) is 29.2 Å². The number of aryl methyl sites for hydroxylation is 1. The van der Waals surface area contributed by atoms with Gasteiger partial charge in [-0.25, -0.2) is 0 Å². The third-order valence-electron chi connectivity index (χ3n) is 5.82. The summed E-state index contributed by atoms with van der Waals surface area (Å²) < 4.78 is 6.14. The van der Waals surface area contributed by atoms with Crippen molar-refractivity contribution in [2.45, 2.75) is 72.1 Å². The van der Waals surface area contributed by atoms with Gasteiger partial charge >= 0.3 is 0 Å². The van der Waals surface area contributed by atoms with Crippen molar-refractivity contribution in [1.82, 2.24) is 10.2 Å². The van der Waals surface area contributed by atoms with Gasteiger partial charge in [0.25, 0.3) is 0 Å². The van der Waals surface area contributed by atoms with E-state index in [0.29, 0.717) is 5.89 Å². The van der Waals surface area contributed by atoms with E-state index < -0.39 is 0 Å². The Morgan fingerprint density at radius 3 is 2.36 bits per heavy atom. The Morgan fingerprint density at radius 1 is 1.04 bits per heavy atom. The highest BCUT2D eigenvalue weighted by molar-refractivity contribution is 5.53. The Kier molecular flexibility index (Phi) is 5.31. The Bertz CT molecular complexity index is 688. The van der Waals surface area contributed by atoms with Gasteiger partial charge in [-0.05, 0) is 68.9 Å². The van der Waals surface area contributed by atoms with Gasteiger partial charge in [0.2, 0.25) is 11.8 Å². The first-order valence-electron chi connectivity index (χ1n) is 9.93. The second-order valence-electron chi connectivity index (χ2n) is 8.30. The molecule has 2 aliphatic rings. The van der Waals surface area contributed by atoms with Crippen molar-refractivity contribution in [2.75, 3.05) is 0 Å². The van der Waals surface area contributed by atoms with Gasteiger partial charge in [0.05, 0.1) is 0 Å². The number of aromatic nitrogens is 2. The predicted octanol–water partition coefficient (Wildman–Crippen LogP) is 6.18. The van der Waals surface area contributed by atoms with Crippen molar-refractivity contribution in [2.24, 2.45) is 17.8 Å². The molecule has 1 heterocycles. The van der Waals surface area contributed by atoms with Gasteiger partial charge in [0.1, 0.15) is 0 Å². The number of benzene rings is 1. The molecule has 2 unspecified atom stereocenters. The molecule has 1 aromatic carbocycles. The third kappa shape index (κ3) is 3.80. The number of nitrogens with zero attached hydrogens (tertiary/aromatic N) is 2. The maximum Gasteiger partial charge on any atom is 0.247 e. The molecule has 2 aromatic rings. The van der Waals surface area contributed by atoms with Crippen molar-refractivity contribution in [3.05, 3.63) is 35.7 Å². The molecule has 3 nitrogen and oxygen atoms in total. The quantitative estimate of drug-likeness (QED) is 0.655. The SMILES string of the molecule is CC.Cc1cccc(-c2nnc(C3(C)CC4CC(C)CC(C4)C3)o2)c1. The van der Waals surface area contributed by atoms with E-state index in [1.54, 1.807) is 0 Å². The summed E-state index contributed by atoms with van der Waals surface area (Å²) in [6.45, 7) is 10.8. The molecule has 2 aliphatic carbocycles. The zero-order valence-electron chi connectivity index (χ0n) is 16.4. The van der Waals surface area contributed by atoms with Gasteiger partial charge < -0.3 is 4.42 Å². The third-order valence-corrected chi connectivity index (χ3v) is 5.82. The molecular weight excluding hydrogens is 308 g/mol. The Morgan fingerprint density at radius 2 is 1.72 bits per heavy atom. The summed E-state index contributed by atoms with van der Waals surface area (Å²) in [5, 5.41) is 8.79. The standard InChI is InChI=1S/C20H26N2O.C2H6/c1-13-5-4-6-17(9-13)18-21-22-19(23-18)20(3)11-15-7-14(2)8-16(10-15)12-20;1-2/h4-6,9,14-16H,7-8,10-12H2,1-3H3;1-2H3. The van der Waals surface area contributed by atoms with Gasteiger partial charge in [0, 0.05) is 11.0 Å². The van der Waals surface area contributed by atoms with E-state index >= 15 is 0 Å². The second kappa shape index (κ2) is 7.31. The zero-order chi connectivity index (χ0) is 18.0. The average Bonchev–Trinajstić information content (AvgIpc) is 3.06. The number of hydrogen-bond donors (Lipinski definition) is 0. The van der Waals surface area contributed by atoms with Crippen LogP contribution in [0, 0.1) is 24.7 Å². The van der Waals surface area contributed by atoms with Crippen LogP contribution >= 0.6 is 0 Å². The lowest BCUT2D eigenvalue weighted by Crippen LogP contribution is -2.39. The topological polar surface area (TPSA) is 38.9 Å². The number of fused-ring (bicyclic) bond motifs is 2. The molecule has 2 atom stereocenters. The molecule has 0 N–H and O–H groups in total. The van der Waals surface area contributed by atoms with Crippen LogP contribution in [-0.4, -0.2) is 10.2 Å². The lowest BCUT2D eigenvalue weighted by atomic mass is 9.59. The fourth-order valence-corrected chi connectivity index (χ4v) is 5.13. The molecule has 2 bridgehead atoms. The summed E-state index contributed by atoms with van der Waals surface area (Å²) >= 11 is 0. The first-order valence-corrected chi connectivity index (χ1v) is 9.93. The monoisotopic (exact) mass is 340 g/mol. The minimum absolute atomic E-state index is 0.0583. The van der Waals surface area contributed by atoms with Gasteiger partial charge in [-0.3, -0.25) is 0 Å². The van der Waals surface area contributed by atoms with E-state index in [2.05, 4.69) is 43.1 Å². The highest BCUT2D eigenvalue weighted by atomic mass is 16.4. The van der Waals surface area contributed by atoms with Crippen LogP contribution in [0.3, 0.4) is 0 Å². The molecule has 0 saturated heterocycles. The fourth-order valence-electron chi connectivity index (χ4n) is 5.13. The van der Waals surface area contributed by atoms with Crippen LogP contribution in [0.15, 0.2) is 28.7 Å². The normalized spacial score (nSPS) is 31.2. The first-order chi connectivity index (χ1) is 12.0. The summed E-state index contributed by atoms with van der Waals surface area (Å²) in [7, 11) is 0. The summed E-state index contributed by atoms with van der Waals surface area (Å²) in [6.07, 6.45) is 6.53. The number of rotatable bonds is 2. The molecule has 3 heteroatoms. The molecule has 0 aliphatic heterocycles. The molecule has 1 aromatic heterocycles. The molecule has 2 saturated carbocycles. The molecule has 2 fully saturated rings. The minimum atomic E-state index is 0.0583. The van der Waals surface area contributed by atoms with Gasteiger partial charge in [0.15, 0.2) is 0 Å². The van der Waals surface area contributed by atoms with Crippen molar-refractivity contribution >= 4 is 0 Å². The van der Waals surface area contributed by atoms with Gasteiger partial charge in [-0.1, -0.05) is 45.4 Å². The fraction of sp³-hybridized carbons (Fsp3) is 0.636. The van der Waals surface area contributed by atoms with E-state index in [1.165, 1.54) is 37.7 Å². The van der Waals surface area contributed by atoms with E-state index in [1.807, 2.05) is 26.0 Å². The highest BCUT2D eigenvalue weighted by Gasteiger charge is 2.44. The van der Waals surface area contributed by atoms with Gasteiger partial charge in [-0.2, -0.15) is 0 Å². The van der Waals surface area contributed by atoms with Crippen LogP contribution in [-0.2, 0) is 5.41 Å². The highest BCUT2D eigenvalue weighted by Crippen LogP contribution is 2.51. The van der Waals surface area contributed by atoms with E-state index in [9.17, 15) is 0 Å². The lowest BCUT2D eigenvalue weighted by molar-refractivity contribution is 0.0763. The molecular formula is C22H32N2O. The Balaban J connectivity index is 0.000000880. The summed E-state index contributed by atoms with van der Waals surface area (Å²) in [4.78, 5) is 0. The minimum Gasteiger partial charge on any atom is -0.420 e. The summed E-state index contributed by atoms with van der Waals surface area (Å²) in [5.41, 5.74) is 2.30. The second-order valence-corrected chi connectivity index (χ2v) is 8.30. The van der Waals surface area contributed by atoms with Crippen molar-refractivity contribution in [3.8, 4) is 11.5 Å². The largest absolute Gasteiger partial charge is 0.420 e. The maximum absolute atomic E-state index is 6.14. The molecule has 136 valence electrons. The lowest BCUT2D eigenvalue weighted by Gasteiger charge is -2.45. The summed E-state index contributed by atoms with van der Waals surface area (Å²) in [5.74, 6) is 4.05. The molecule has 25 heavy (non-hydrogen) atoms. The molecule has 4 rings (SSSR count). The first kappa shape index (κ1) is 18.2. The van der Waals surface area contributed by atoms with Crippen LogP contribution in [0.25, 0.3) is 11.5 Å². The van der Waals surface area contributed by atoms with Crippen molar-refractivity contribution < 1.29 is 4.42 Å². The van der Waals surface area contributed by atoms with Crippen LogP contribution in [0.1, 0.15) is 71.3 Å². The molecule has 0 spiro atoms. The van der Waals surface area contributed by atoms with Gasteiger partial charge in [-0.15, -0.1) is 10.2 Å². The van der Waals surface area contributed by atoms with E-state index in [-0.39, 0.29) is 5.41 Å². The zero-order valence-corrected chi connectivity index (χ0v) is 16.4. The molecule has 0 radical (unpaired) electrons. The summed E-state index contributed by atoms with van der Waals surface area (Å²) in [6, 6.07) is 8.29. The predicted molar refractivity (Wildman–Crippen MR) is 102 cm³/mol. The Hall–Kier alpha value is -1.64. The van der Waals surface area contributed by atoms with Crippen LogP contribution < -0.4 is 0 Å². The van der Waals surface area contributed by atoms with Crippen molar-refractivity contribution in [3.63, 3.8) is 0 Å². The van der Waals surface area contributed by atoms with Crippen LogP contribution in [0.2, 0.25) is 0 Å². The molecule has 0 amide bonds. The maximum atomic E-state index is 6.14. The van der Waals surface area contributed by atoms with Crippen LogP contribution in [0.4, 0.5) is 0 Å². The van der Waals surface area contributed by atoms with E-state index in [4.69, 9.17) is 4.42 Å². The van der Waals surface area contributed by atoms with Crippen LogP contribution in [0.5, 0.6) is 0 Å². The average molecular weight is 341 g/mol. The Labute approximate surface area is 152 Å². The smallest absolute Gasteiger partial charge is 0.247 e. The van der Waals surface area contributed by atoms with Crippen molar-refractivity contribution in [1.29, 1.82) is 0 Å².